The Morgan fingerprint density at radius 2 is 1.04 bits per heavy atom. The maximum Gasteiger partial charge on any atom is 0.113 e. The minimum Gasteiger partial charge on any atom is -0.384 e. The number of hydrogen-bond acceptors (Lipinski definition) is 5. The van der Waals surface area contributed by atoms with E-state index in [9.17, 15) is 0 Å². The molecule has 4 aromatic carbocycles. The summed E-state index contributed by atoms with van der Waals surface area (Å²) in [6, 6.07) is 41.4. The van der Waals surface area contributed by atoms with Crippen LogP contribution in [0.2, 0.25) is 0 Å². The van der Waals surface area contributed by atoms with Crippen molar-refractivity contribution in [1.82, 2.24) is 0 Å². The molecule has 0 N–H and O–H groups in total. The fourth-order valence-electron chi connectivity index (χ4n) is 7.13. The molecule has 0 saturated heterocycles. The first-order valence-corrected chi connectivity index (χ1v) is 16.5. The van der Waals surface area contributed by atoms with Gasteiger partial charge in [0.05, 0.1) is 39.1 Å². The second-order valence-electron chi connectivity index (χ2n) is 12.5. The lowest BCUT2D eigenvalue weighted by Crippen LogP contribution is -2.51. The SMILES string of the molecule is COC[C@@H]1[C@@H]([C@@H](OCc2ccccc2)[C@H](OCc2ccccc2)[C@@H](COCc2ccccc2)OCc2ccccc2)[C@H]2C=C[C@@H]1C2. The Kier molecular flexibility index (Phi) is 11.8. The van der Waals surface area contributed by atoms with Crippen LogP contribution < -0.4 is 0 Å². The van der Waals surface area contributed by atoms with Gasteiger partial charge >= 0.3 is 0 Å². The van der Waals surface area contributed by atoms with Crippen molar-refractivity contribution in [3.63, 3.8) is 0 Å². The second kappa shape index (κ2) is 16.8. The number of methoxy groups -OCH3 is 1. The van der Waals surface area contributed by atoms with Gasteiger partial charge in [-0.3, -0.25) is 0 Å². The molecule has 0 aliphatic heterocycles. The molecule has 2 aliphatic carbocycles. The molecule has 5 heteroatoms. The Labute approximate surface area is 274 Å². The van der Waals surface area contributed by atoms with Crippen LogP contribution in [0, 0.1) is 23.7 Å². The summed E-state index contributed by atoms with van der Waals surface area (Å²) in [5.41, 5.74) is 4.49. The number of hydrogen-bond donors (Lipinski definition) is 0. The molecule has 46 heavy (non-hydrogen) atoms. The highest BCUT2D eigenvalue weighted by molar-refractivity contribution is 5.19. The fourth-order valence-corrected chi connectivity index (χ4v) is 7.13. The predicted molar refractivity (Wildman–Crippen MR) is 181 cm³/mol. The maximum atomic E-state index is 7.04. The average Bonchev–Trinajstić information content (AvgIpc) is 3.72. The topological polar surface area (TPSA) is 46.2 Å². The molecule has 0 unspecified atom stereocenters. The van der Waals surface area contributed by atoms with Gasteiger partial charge in [0.25, 0.3) is 0 Å². The summed E-state index contributed by atoms with van der Waals surface area (Å²) in [4.78, 5) is 0. The van der Waals surface area contributed by atoms with E-state index < -0.39 is 0 Å². The number of allylic oxidation sites excluding steroid dienone is 2. The number of rotatable bonds is 18. The molecule has 6 rings (SSSR count). The average molecular weight is 619 g/mol. The van der Waals surface area contributed by atoms with Crippen LogP contribution in [-0.4, -0.2) is 38.6 Å². The van der Waals surface area contributed by atoms with Crippen LogP contribution in [0.3, 0.4) is 0 Å². The minimum absolute atomic E-state index is 0.219. The zero-order valence-electron chi connectivity index (χ0n) is 26.7. The van der Waals surface area contributed by atoms with Crippen LogP contribution in [0.1, 0.15) is 28.7 Å². The molecule has 0 radical (unpaired) electrons. The predicted octanol–water partition coefficient (Wildman–Crippen LogP) is 8.04. The van der Waals surface area contributed by atoms with Gasteiger partial charge in [-0.15, -0.1) is 0 Å². The highest BCUT2D eigenvalue weighted by atomic mass is 16.6. The summed E-state index contributed by atoms with van der Waals surface area (Å²) in [5, 5.41) is 0. The highest BCUT2D eigenvalue weighted by Gasteiger charge is 2.52. The van der Waals surface area contributed by atoms with E-state index in [-0.39, 0.29) is 24.2 Å². The largest absolute Gasteiger partial charge is 0.384 e. The summed E-state index contributed by atoms with van der Waals surface area (Å²) in [7, 11) is 1.80. The Hall–Kier alpha value is -3.58. The molecule has 0 aromatic heterocycles. The first kappa shape index (κ1) is 32.4. The number of ether oxygens (including phenoxy) is 5. The van der Waals surface area contributed by atoms with Crippen molar-refractivity contribution in [2.45, 2.75) is 51.2 Å². The second-order valence-corrected chi connectivity index (χ2v) is 12.5. The van der Waals surface area contributed by atoms with Crippen molar-refractivity contribution in [3.05, 3.63) is 156 Å². The normalized spacial score (nSPS) is 22.1. The molecule has 4 aromatic rings. The van der Waals surface area contributed by atoms with Crippen molar-refractivity contribution >= 4 is 0 Å². The zero-order valence-corrected chi connectivity index (χ0v) is 26.7. The van der Waals surface area contributed by atoms with Gasteiger partial charge in [0.1, 0.15) is 12.2 Å². The molecule has 5 nitrogen and oxygen atoms in total. The third-order valence-electron chi connectivity index (χ3n) is 9.39. The zero-order chi connectivity index (χ0) is 31.4. The van der Waals surface area contributed by atoms with E-state index in [2.05, 4.69) is 84.9 Å². The lowest BCUT2D eigenvalue weighted by atomic mass is 9.77. The molecule has 1 saturated carbocycles. The Balaban J connectivity index is 1.33. The molecular formula is C41H46O5. The molecule has 0 spiro atoms. The first-order valence-electron chi connectivity index (χ1n) is 16.5. The van der Waals surface area contributed by atoms with Gasteiger partial charge < -0.3 is 23.7 Å². The molecule has 0 heterocycles. The standard InChI is InChI=1S/C41H46O5/c1-42-29-37-35-22-23-36(24-35)39(37)41(46-28-34-20-12-5-13-21-34)40(45-27-33-18-10-4-11-19-33)38(44-26-32-16-8-3-9-17-32)30-43-25-31-14-6-2-7-15-31/h2-23,35-41H,24-30H2,1H3/t35-,36+,37+,38-,39+,40-,41-/m1/s1. The van der Waals surface area contributed by atoms with E-state index >= 15 is 0 Å². The summed E-state index contributed by atoms with van der Waals surface area (Å²) < 4.78 is 33.1. The molecule has 2 aliphatic rings. The summed E-state index contributed by atoms with van der Waals surface area (Å²) in [5.74, 6) is 1.43. The van der Waals surface area contributed by atoms with Crippen molar-refractivity contribution in [2.24, 2.45) is 23.7 Å². The molecule has 1 fully saturated rings. The van der Waals surface area contributed by atoms with Crippen LogP contribution in [-0.2, 0) is 50.1 Å². The van der Waals surface area contributed by atoms with Gasteiger partial charge in [-0.1, -0.05) is 133 Å². The summed E-state index contributed by atoms with van der Waals surface area (Å²) >= 11 is 0. The number of benzene rings is 4. The lowest BCUT2D eigenvalue weighted by molar-refractivity contribution is -0.188. The number of fused-ring (bicyclic) bond motifs is 2. The quantitative estimate of drug-likeness (QED) is 0.106. The van der Waals surface area contributed by atoms with E-state index in [0.29, 0.717) is 57.4 Å². The van der Waals surface area contributed by atoms with Crippen LogP contribution in [0.4, 0.5) is 0 Å². The molecule has 2 bridgehead atoms. The van der Waals surface area contributed by atoms with Crippen LogP contribution in [0.15, 0.2) is 133 Å². The van der Waals surface area contributed by atoms with Crippen molar-refractivity contribution in [2.75, 3.05) is 20.3 Å². The molecular weight excluding hydrogens is 572 g/mol. The van der Waals surface area contributed by atoms with E-state index in [1.807, 2.05) is 48.5 Å². The molecule has 0 amide bonds. The van der Waals surface area contributed by atoms with Gasteiger partial charge in [0.2, 0.25) is 0 Å². The van der Waals surface area contributed by atoms with Crippen LogP contribution in [0.5, 0.6) is 0 Å². The van der Waals surface area contributed by atoms with Gasteiger partial charge in [0, 0.05) is 13.7 Å². The van der Waals surface area contributed by atoms with E-state index in [1.54, 1.807) is 7.11 Å². The van der Waals surface area contributed by atoms with Gasteiger partial charge in [-0.25, -0.2) is 0 Å². The van der Waals surface area contributed by atoms with Crippen molar-refractivity contribution < 1.29 is 23.7 Å². The van der Waals surface area contributed by atoms with E-state index in [4.69, 9.17) is 23.7 Å². The van der Waals surface area contributed by atoms with Crippen LogP contribution >= 0.6 is 0 Å². The molecule has 240 valence electrons. The van der Waals surface area contributed by atoms with Crippen LogP contribution in [0.25, 0.3) is 0 Å². The Bertz CT molecular complexity index is 1450. The third kappa shape index (κ3) is 8.61. The van der Waals surface area contributed by atoms with E-state index in [0.717, 1.165) is 28.7 Å². The van der Waals surface area contributed by atoms with Gasteiger partial charge in [-0.2, -0.15) is 0 Å². The van der Waals surface area contributed by atoms with Gasteiger partial charge in [-0.05, 0) is 52.3 Å². The summed E-state index contributed by atoms with van der Waals surface area (Å²) in [6.45, 7) is 2.95. The van der Waals surface area contributed by atoms with Gasteiger partial charge in [0.15, 0.2) is 0 Å². The maximum absolute atomic E-state index is 7.04. The first-order chi connectivity index (χ1) is 22.8. The minimum atomic E-state index is -0.388. The third-order valence-corrected chi connectivity index (χ3v) is 9.39. The Morgan fingerprint density at radius 3 is 1.59 bits per heavy atom. The Morgan fingerprint density at radius 1 is 0.565 bits per heavy atom. The summed E-state index contributed by atoms with van der Waals surface area (Å²) in [6.07, 6.45) is 4.88. The highest BCUT2D eigenvalue weighted by Crippen LogP contribution is 2.51. The lowest BCUT2D eigenvalue weighted by Gasteiger charge is -2.41. The molecule has 7 atom stereocenters. The van der Waals surface area contributed by atoms with Crippen molar-refractivity contribution in [1.29, 1.82) is 0 Å². The van der Waals surface area contributed by atoms with Crippen molar-refractivity contribution in [3.8, 4) is 0 Å². The smallest absolute Gasteiger partial charge is 0.113 e. The monoisotopic (exact) mass is 618 g/mol. The fraction of sp³-hybridized carbons (Fsp3) is 0.366. The van der Waals surface area contributed by atoms with E-state index in [1.165, 1.54) is 0 Å².